The van der Waals surface area contributed by atoms with Gasteiger partial charge in [0.15, 0.2) is 0 Å². The van der Waals surface area contributed by atoms with Gasteiger partial charge in [-0.3, -0.25) is 0 Å². The molecule has 0 spiro atoms. The van der Waals surface area contributed by atoms with Crippen LogP contribution in [0.2, 0.25) is 8.43 Å². The molecule has 0 aromatic carbocycles. The van der Waals surface area contributed by atoms with E-state index in [1.54, 1.807) is 4.47 Å². The van der Waals surface area contributed by atoms with E-state index in [-0.39, 0.29) is 0 Å². The van der Waals surface area contributed by atoms with E-state index >= 15 is 0 Å². The van der Waals surface area contributed by atoms with Crippen LogP contribution in [0, 0.1) is 0 Å². The molecule has 1 unspecified atom stereocenters. The molecule has 0 rings (SSSR count). The Morgan fingerprint density at radius 1 is 1.20 bits per heavy atom. The molecule has 0 aromatic heterocycles. The molecule has 10 heavy (non-hydrogen) atoms. The first-order chi connectivity index (χ1) is 4.81. The molecule has 0 heterocycles. The third kappa shape index (κ3) is 6.90. The fourth-order valence-electron chi connectivity index (χ4n) is 0.919. The van der Waals surface area contributed by atoms with Gasteiger partial charge >= 0.3 is 75.8 Å². The van der Waals surface area contributed by atoms with Crippen molar-refractivity contribution in [2.45, 2.75) is 54.9 Å². The van der Waals surface area contributed by atoms with Crippen molar-refractivity contribution in [3.05, 3.63) is 0 Å². The Hall–Kier alpha value is 0.790. The standard InChI is InChI=1S/C9H20Te/c1-4-6-8-10-9(3)7-5-2/h9H,4-8H2,1-3H3. The molecule has 0 aliphatic rings. The van der Waals surface area contributed by atoms with Gasteiger partial charge in [0.05, 0.1) is 0 Å². The van der Waals surface area contributed by atoms with Crippen molar-refractivity contribution in [3.63, 3.8) is 0 Å². The Kier molecular flexibility index (Phi) is 8.51. The fourth-order valence-corrected chi connectivity index (χ4v) is 4.52. The van der Waals surface area contributed by atoms with E-state index in [9.17, 15) is 0 Å². The maximum absolute atomic E-state index is 2.43. The molecule has 0 amide bonds. The molecule has 1 heteroatoms. The summed E-state index contributed by atoms with van der Waals surface area (Å²) in [6.07, 6.45) is 5.74. The summed E-state index contributed by atoms with van der Waals surface area (Å²) in [5.41, 5.74) is 0. The number of hydrogen-bond acceptors (Lipinski definition) is 0. The van der Waals surface area contributed by atoms with Crippen LogP contribution in [0.25, 0.3) is 0 Å². The van der Waals surface area contributed by atoms with Gasteiger partial charge < -0.3 is 0 Å². The third-order valence-electron chi connectivity index (χ3n) is 1.60. The van der Waals surface area contributed by atoms with Gasteiger partial charge in [0.1, 0.15) is 0 Å². The van der Waals surface area contributed by atoms with Gasteiger partial charge in [0, 0.05) is 0 Å². The van der Waals surface area contributed by atoms with E-state index in [0.717, 1.165) is 3.97 Å². The van der Waals surface area contributed by atoms with Crippen molar-refractivity contribution >= 4 is 20.9 Å². The molecule has 0 aliphatic carbocycles. The summed E-state index contributed by atoms with van der Waals surface area (Å²) < 4.78 is 2.67. The van der Waals surface area contributed by atoms with Crippen LogP contribution in [-0.2, 0) is 0 Å². The van der Waals surface area contributed by atoms with Crippen LogP contribution in [0.4, 0.5) is 0 Å². The summed E-state index contributed by atoms with van der Waals surface area (Å²) in [4.78, 5) is 0. The van der Waals surface area contributed by atoms with E-state index in [1.807, 2.05) is 0 Å². The molecule has 0 bridgehead atoms. The van der Waals surface area contributed by atoms with Gasteiger partial charge in [-0.1, -0.05) is 0 Å². The van der Waals surface area contributed by atoms with Crippen LogP contribution in [0.1, 0.15) is 46.5 Å². The van der Waals surface area contributed by atoms with Gasteiger partial charge in [0.2, 0.25) is 0 Å². The van der Waals surface area contributed by atoms with E-state index < -0.39 is 0 Å². The predicted molar refractivity (Wildman–Crippen MR) is 49.8 cm³/mol. The van der Waals surface area contributed by atoms with E-state index in [0.29, 0.717) is 20.9 Å². The molecular formula is C9H20Te. The molecule has 0 aromatic rings. The predicted octanol–water partition coefficient (Wildman–Crippen LogP) is 3.52. The minimum absolute atomic E-state index is 0.386. The molecular weight excluding hydrogens is 236 g/mol. The van der Waals surface area contributed by atoms with Gasteiger partial charge in [0.25, 0.3) is 0 Å². The minimum atomic E-state index is 0.386. The Morgan fingerprint density at radius 2 is 1.90 bits per heavy atom. The van der Waals surface area contributed by atoms with Gasteiger partial charge in [-0.2, -0.15) is 0 Å². The van der Waals surface area contributed by atoms with Gasteiger partial charge in [-0.15, -0.1) is 0 Å². The Balaban J connectivity index is 2.97. The van der Waals surface area contributed by atoms with Crippen molar-refractivity contribution < 1.29 is 0 Å². The topological polar surface area (TPSA) is 0 Å². The molecule has 0 fully saturated rings. The van der Waals surface area contributed by atoms with Gasteiger partial charge in [-0.05, 0) is 0 Å². The SMILES string of the molecule is CCCC[Te]C(C)CCC. The van der Waals surface area contributed by atoms with Crippen molar-refractivity contribution in [3.8, 4) is 0 Å². The van der Waals surface area contributed by atoms with Gasteiger partial charge in [-0.25, -0.2) is 0 Å². The molecule has 1 atom stereocenters. The first kappa shape index (κ1) is 10.8. The van der Waals surface area contributed by atoms with Crippen LogP contribution in [0.3, 0.4) is 0 Å². The molecule has 0 nitrogen and oxygen atoms in total. The summed E-state index contributed by atoms with van der Waals surface area (Å²) in [7, 11) is 0. The maximum atomic E-state index is 2.43. The molecule has 0 N–H and O–H groups in total. The van der Waals surface area contributed by atoms with E-state index in [4.69, 9.17) is 0 Å². The summed E-state index contributed by atoms with van der Waals surface area (Å²) in [6, 6.07) is 0. The summed E-state index contributed by atoms with van der Waals surface area (Å²) in [5, 5.41) is 0. The molecule has 0 saturated heterocycles. The van der Waals surface area contributed by atoms with E-state index in [2.05, 4.69) is 20.8 Å². The Morgan fingerprint density at radius 3 is 2.40 bits per heavy atom. The first-order valence-electron chi connectivity index (χ1n) is 4.42. The number of unbranched alkanes of at least 4 members (excludes halogenated alkanes) is 1. The van der Waals surface area contributed by atoms with Crippen LogP contribution in [0.15, 0.2) is 0 Å². The molecule has 62 valence electrons. The summed E-state index contributed by atoms with van der Waals surface area (Å²) >= 11 is 0.386. The molecule has 0 saturated carbocycles. The third-order valence-corrected chi connectivity index (χ3v) is 5.39. The monoisotopic (exact) mass is 258 g/mol. The zero-order valence-electron chi connectivity index (χ0n) is 7.52. The van der Waals surface area contributed by atoms with Crippen LogP contribution in [0.5, 0.6) is 0 Å². The average Bonchev–Trinajstić information content (AvgIpc) is 1.89. The normalized spacial score (nSPS) is 13.5. The van der Waals surface area contributed by atoms with Crippen molar-refractivity contribution in [1.82, 2.24) is 0 Å². The second-order valence-corrected chi connectivity index (χ2v) is 7.24. The van der Waals surface area contributed by atoms with Crippen molar-refractivity contribution in [2.24, 2.45) is 0 Å². The zero-order valence-corrected chi connectivity index (χ0v) is 9.85. The number of hydrogen-bond donors (Lipinski definition) is 0. The second-order valence-electron chi connectivity index (χ2n) is 2.82. The summed E-state index contributed by atoms with van der Waals surface area (Å²) in [5.74, 6) is 0. The van der Waals surface area contributed by atoms with Crippen LogP contribution in [-0.4, -0.2) is 20.9 Å². The first-order valence-corrected chi connectivity index (χ1v) is 7.42. The molecule has 0 radical (unpaired) electrons. The molecule has 0 aliphatic heterocycles. The zero-order chi connectivity index (χ0) is 7.82. The number of rotatable bonds is 6. The van der Waals surface area contributed by atoms with Crippen molar-refractivity contribution in [1.29, 1.82) is 0 Å². The van der Waals surface area contributed by atoms with E-state index in [1.165, 1.54) is 25.7 Å². The Bertz CT molecular complexity index is 61.7. The van der Waals surface area contributed by atoms with Crippen molar-refractivity contribution in [2.75, 3.05) is 0 Å². The Labute approximate surface area is 75.9 Å². The average molecular weight is 256 g/mol. The van der Waals surface area contributed by atoms with Crippen LogP contribution >= 0.6 is 0 Å². The van der Waals surface area contributed by atoms with Crippen LogP contribution < -0.4 is 0 Å². The summed E-state index contributed by atoms with van der Waals surface area (Å²) in [6.45, 7) is 7.02. The fraction of sp³-hybridized carbons (Fsp3) is 1.00. The second kappa shape index (κ2) is 7.89. The quantitative estimate of drug-likeness (QED) is 0.503.